The number of unbranched alkanes of at least 4 members (excludes halogenated alkanes) is 3. The molecular formula is C26H31N3O3. The van der Waals surface area contributed by atoms with Crippen LogP contribution in [0.4, 0.5) is 0 Å². The van der Waals surface area contributed by atoms with Crippen LogP contribution in [0.25, 0.3) is 11.1 Å². The highest BCUT2D eigenvalue weighted by Crippen LogP contribution is 2.24. The van der Waals surface area contributed by atoms with Crippen LogP contribution in [0.2, 0.25) is 0 Å². The number of carboxylic acids is 1. The van der Waals surface area contributed by atoms with E-state index in [1.165, 1.54) is 0 Å². The SMILES string of the molecule is C=CCCc1nn(CCCCCC)c(=O)n1Cc1ccc(-c2ccccc2C(=O)O)cc1. The molecule has 168 valence electrons. The number of carboxylic acid groups (broad SMARTS) is 1. The fourth-order valence-electron chi connectivity index (χ4n) is 3.79. The van der Waals surface area contributed by atoms with Gasteiger partial charge in [-0.2, -0.15) is 5.10 Å². The third kappa shape index (κ3) is 5.63. The number of nitrogens with zero attached hydrogens (tertiary/aromatic N) is 3. The lowest BCUT2D eigenvalue weighted by Gasteiger charge is -2.09. The molecule has 0 aliphatic carbocycles. The number of allylic oxidation sites excluding steroid dienone is 1. The van der Waals surface area contributed by atoms with E-state index in [-0.39, 0.29) is 11.3 Å². The molecule has 0 spiro atoms. The van der Waals surface area contributed by atoms with Crippen LogP contribution in [0.15, 0.2) is 66.0 Å². The first-order valence-electron chi connectivity index (χ1n) is 11.2. The van der Waals surface area contributed by atoms with Crippen LogP contribution in [0.1, 0.15) is 60.8 Å². The molecule has 0 bridgehead atoms. The standard InChI is InChI=1S/C26H31N3O3/c1-3-5-7-10-18-29-26(32)28(24(27-29)13-6-4-2)19-20-14-16-21(17-15-20)22-11-8-9-12-23(22)25(30)31/h4,8-9,11-12,14-17H,2-3,5-7,10,13,18-19H2,1H3,(H,30,31). The van der Waals surface area contributed by atoms with Gasteiger partial charge in [0.1, 0.15) is 5.82 Å². The summed E-state index contributed by atoms with van der Waals surface area (Å²) in [6.45, 7) is 7.02. The number of aromatic nitrogens is 3. The van der Waals surface area contributed by atoms with Crippen LogP contribution in [0, 0.1) is 0 Å². The molecule has 1 heterocycles. The third-order valence-electron chi connectivity index (χ3n) is 5.56. The first-order valence-corrected chi connectivity index (χ1v) is 11.2. The summed E-state index contributed by atoms with van der Waals surface area (Å²) >= 11 is 0. The van der Waals surface area contributed by atoms with Crippen LogP contribution < -0.4 is 5.69 Å². The van der Waals surface area contributed by atoms with Gasteiger partial charge in [0.2, 0.25) is 0 Å². The second kappa shape index (κ2) is 11.3. The third-order valence-corrected chi connectivity index (χ3v) is 5.56. The summed E-state index contributed by atoms with van der Waals surface area (Å²) in [5, 5.41) is 14.0. The van der Waals surface area contributed by atoms with Crippen LogP contribution in [-0.4, -0.2) is 25.4 Å². The van der Waals surface area contributed by atoms with E-state index in [4.69, 9.17) is 0 Å². The van der Waals surface area contributed by atoms with E-state index in [9.17, 15) is 14.7 Å². The van der Waals surface area contributed by atoms with Crippen molar-refractivity contribution in [2.24, 2.45) is 0 Å². The van der Waals surface area contributed by atoms with Crippen LogP contribution in [-0.2, 0) is 19.5 Å². The van der Waals surface area contributed by atoms with Gasteiger partial charge in [0, 0.05) is 13.0 Å². The minimum atomic E-state index is -0.950. The zero-order chi connectivity index (χ0) is 22.9. The number of carbonyl (C=O) groups is 1. The minimum Gasteiger partial charge on any atom is -0.478 e. The van der Waals surface area contributed by atoms with Crippen LogP contribution in [0.5, 0.6) is 0 Å². The molecule has 3 aromatic rings. The van der Waals surface area contributed by atoms with Gasteiger partial charge < -0.3 is 5.11 Å². The monoisotopic (exact) mass is 433 g/mol. The maximum absolute atomic E-state index is 13.0. The van der Waals surface area contributed by atoms with E-state index in [1.54, 1.807) is 27.4 Å². The molecule has 2 aromatic carbocycles. The molecular weight excluding hydrogens is 402 g/mol. The number of hydrogen-bond acceptors (Lipinski definition) is 3. The summed E-state index contributed by atoms with van der Waals surface area (Å²) < 4.78 is 3.33. The number of rotatable bonds is 12. The average molecular weight is 434 g/mol. The van der Waals surface area contributed by atoms with Crippen molar-refractivity contribution in [2.45, 2.75) is 58.5 Å². The summed E-state index contributed by atoms with van der Waals surface area (Å²) in [5.74, 6) is -0.180. The Kier molecular flexibility index (Phi) is 8.20. The molecule has 0 fully saturated rings. The second-order valence-electron chi connectivity index (χ2n) is 7.94. The zero-order valence-electron chi connectivity index (χ0n) is 18.7. The molecule has 0 saturated heterocycles. The Labute approximate surface area is 188 Å². The number of aromatic carboxylic acids is 1. The van der Waals surface area contributed by atoms with Crippen molar-refractivity contribution in [1.29, 1.82) is 0 Å². The number of benzene rings is 2. The predicted molar refractivity (Wildman–Crippen MR) is 127 cm³/mol. The fraction of sp³-hybridized carbons (Fsp3) is 0.346. The van der Waals surface area contributed by atoms with Crippen molar-refractivity contribution in [1.82, 2.24) is 14.3 Å². The number of hydrogen-bond donors (Lipinski definition) is 1. The molecule has 0 aliphatic rings. The van der Waals surface area contributed by atoms with Crippen molar-refractivity contribution in [3.63, 3.8) is 0 Å². The minimum absolute atomic E-state index is 0.0825. The molecule has 6 nitrogen and oxygen atoms in total. The highest BCUT2D eigenvalue weighted by molar-refractivity contribution is 5.95. The molecule has 0 radical (unpaired) electrons. The molecule has 6 heteroatoms. The smallest absolute Gasteiger partial charge is 0.346 e. The number of aryl methyl sites for hydroxylation is 2. The maximum Gasteiger partial charge on any atom is 0.346 e. The summed E-state index contributed by atoms with van der Waals surface area (Å²) in [7, 11) is 0. The molecule has 32 heavy (non-hydrogen) atoms. The molecule has 0 amide bonds. The van der Waals surface area contributed by atoms with Gasteiger partial charge in [-0.15, -0.1) is 6.58 Å². The maximum atomic E-state index is 13.0. The topological polar surface area (TPSA) is 77.1 Å². The second-order valence-corrected chi connectivity index (χ2v) is 7.94. The van der Waals surface area contributed by atoms with Crippen LogP contribution >= 0.6 is 0 Å². The Hall–Kier alpha value is -3.41. The molecule has 0 unspecified atom stereocenters. The van der Waals surface area contributed by atoms with E-state index in [0.717, 1.165) is 49.1 Å². The Morgan fingerprint density at radius 1 is 1.09 bits per heavy atom. The lowest BCUT2D eigenvalue weighted by atomic mass is 9.99. The van der Waals surface area contributed by atoms with Gasteiger partial charge in [-0.25, -0.2) is 14.3 Å². The summed E-state index contributed by atoms with van der Waals surface area (Å²) in [6, 6.07) is 14.6. The molecule has 1 aromatic heterocycles. The van der Waals surface area contributed by atoms with Gasteiger partial charge in [0.05, 0.1) is 12.1 Å². The molecule has 0 atom stereocenters. The lowest BCUT2D eigenvalue weighted by molar-refractivity contribution is 0.0697. The van der Waals surface area contributed by atoms with E-state index in [2.05, 4.69) is 18.6 Å². The zero-order valence-corrected chi connectivity index (χ0v) is 18.7. The largest absolute Gasteiger partial charge is 0.478 e. The molecule has 0 aliphatic heterocycles. The van der Waals surface area contributed by atoms with E-state index < -0.39 is 5.97 Å². The van der Waals surface area contributed by atoms with Crippen molar-refractivity contribution in [3.05, 3.63) is 88.6 Å². The van der Waals surface area contributed by atoms with Gasteiger partial charge in [-0.3, -0.25) is 4.57 Å². The molecule has 1 N–H and O–H groups in total. The van der Waals surface area contributed by atoms with Gasteiger partial charge in [-0.1, -0.05) is 74.7 Å². The summed E-state index contributed by atoms with van der Waals surface area (Å²) in [6.07, 6.45) is 7.63. The average Bonchev–Trinajstić information content (AvgIpc) is 3.10. The van der Waals surface area contributed by atoms with Gasteiger partial charge in [0.25, 0.3) is 0 Å². The lowest BCUT2D eigenvalue weighted by Crippen LogP contribution is -2.26. The highest BCUT2D eigenvalue weighted by Gasteiger charge is 2.14. The normalized spacial score (nSPS) is 10.9. The molecule has 3 rings (SSSR count). The van der Waals surface area contributed by atoms with Crippen molar-refractivity contribution in [2.75, 3.05) is 0 Å². The Bertz CT molecular complexity index is 1110. The van der Waals surface area contributed by atoms with Crippen molar-refractivity contribution in [3.8, 4) is 11.1 Å². The van der Waals surface area contributed by atoms with E-state index in [1.807, 2.05) is 36.4 Å². The van der Waals surface area contributed by atoms with Crippen molar-refractivity contribution < 1.29 is 9.90 Å². The Balaban J connectivity index is 1.83. The summed E-state index contributed by atoms with van der Waals surface area (Å²) in [4.78, 5) is 24.5. The van der Waals surface area contributed by atoms with Gasteiger partial charge in [-0.05, 0) is 35.6 Å². The predicted octanol–water partition coefficient (Wildman–Crippen LogP) is 5.16. The summed E-state index contributed by atoms with van der Waals surface area (Å²) in [5.41, 5.74) is 2.66. The molecule has 0 saturated carbocycles. The highest BCUT2D eigenvalue weighted by atomic mass is 16.4. The van der Waals surface area contributed by atoms with E-state index >= 15 is 0 Å². The van der Waals surface area contributed by atoms with Crippen LogP contribution in [0.3, 0.4) is 0 Å². The van der Waals surface area contributed by atoms with Gasteiger partial charge in [0.15, 0.2) is 0 Å². The van der Waals surface area contributed by atoms with E-state index in [0.29, 0.717) is 25.1 Å². The Morgan fingerprint density at radius 3 is 2.53 bits per heavy atom. The Morgan fingerprint density at radius 2 is 1.84 bits per heavy atom. The fourth-order valence-corrected chi connectivity index (χ4v) is 3.79. The van der Waals surface area contributed by atoms with Gasteiger partial charge >= 0.3 is 11.7 Å². The quantitative estimate of drug-likeness (QED) is 0.316. The van der Waals surface area contributed by atoms with Crippen molar-refractivity contribution >= 4 is 5.97 Å². The first-order chi connectivity index (χ1) is 15.5. The first kappa shape index (κ1) is 23.3.